The third-order valence-electron chi connectivity index (χ3n) is 10.2. The Morgan fingerprint density at radius 2 is 1.82 bits per heavy atom. The summed E-state index contributed by atoms with van der Waals surface area (Å²) >= 11 is 0. The van der Waals surface area contributed by atoms with Crippen molar-refractivity contribution in [3.05, 3.63) is 11.6 Å². The second kappa shape index (κ2) is 9.45. The molecule has 5 aliphatic carbocycles. The highest BCUT2D eigenvalue weighted by Crippen LogP contribution is 2.82. The fraction of sp³-hybridized carbons (Fsp3) is 0.826. The van der Waals surface area contributed by atoms with Crippen LogP contribution in [0.5, 0.6) is 0 Å². The number of aliphatic hydroxyl groups is 1. The molecular weight excluding hydrogens is 517 g/mol. The van der Waals surface area contributed by atoms with Gasteiger partial charge in [0.25, 0.3) is 0 Å². The summed E-state index contributed by atoms with van der Waals surface area (Å²) in [6.45, 7) is 4.54. The van der Waals surface area contributed by atoms with E-state index in [-0.39, 0.29) is 102 Å². The summed E-state index contributed by atoms with van der Waals surface area (Å²) in [5, 5.41) is 20.8. The summed E-state index contributed by atoms with van der Waals surface area (Å²) < 4.78 is 6.62. The van der Waals surface area contributed by atoms with Crippen LogP contribution in [-0.4, -0.2) is 39.3 Å². The average molecular weight is 557 g/mol. The molecule has 0 aromatic carbocycles. The predicted octanol–water partition coefficient (Wildman–Crippen LogP) is 3.67. The first-order valence-corrected chi connectivity index (χ1v) is 11.0. The summed E-state index contributed by atoms with van der Waals surface area (Å²) in [6.07, 6.45) is 7.59. The fourth-order valence-electron chi connectivity index (χ4n) is 8.66. The third-order valence-corrected chi connectivity index (χ3v) is 10.2. The normalized spacial score (nSPS) is 49.1. The van der Waals surface area contributed by atoms with Crippen LogP contribution in [0.3, 0.4) is 0 Å². The molecule has 0 aromatic heterocycles. The number of rotatable bonds is 3. The van der Waals surface area contributed by atoms with Crippen molar-refractivity contribution in [1.82, 2.24) is 0 Å². The molecular formula is C23H40O5S5. The van der Waals surface area contributed by atoms with Crippen molar-refractivity contribution in [3.8, 4) is 0 Å². The lowest BCUT2D eigenvalue weighted by molar-refractivity contribution is -0.144. The minimum absolute atomic E-state index is 0. The maximum absolute atomic E-state index is 12.1. The molecule has 33 heavy (non-hydrogen) atoms. The number of carboxylic acid groups (broad SMARTS) is 1. The highest BCUT2D eigenvalue weighted by atomic mass is 32.1. The monoisotopic (exact) mass is 556 g/mol. The first kappa shape index (κ1) is 31.6. The van der Waals surface area contributed by atoms with Crippen LogP contribution >= 0.6 is 67.5 Å². The summed E-state index contributed by atoms with van der Waals surface area (Å²) in [5.74, 6) is 1.36. The second-order valence-electron chi connectivity index (χ2n) is 11.0. The number of ether oxygens (including phenoxy) is 1. The molecule has 192 valence electrons. The van der Waals surface area contributed by atoms with E-state index < -0.39 is 11.6 Å². The largest absolute Gasteiger partial charge is 0.481 e. The lowest BCUT2D eigenvalue weighted by atomic mass is 9.46. The molecule has 0 bridgehead atoms. The molecule has 5 nitrogen and oxygen atoms in total. The van der Waals surface area contributed by atoms with Gasteiger partial charge < -0.3 is 14.9 Å². The molecule has 2 N–H and O–H groups in total. The van der Waals surface area contributed by atoms with Crippen LogP contribution in [0.2, 0.25) is 0 Å². The topological polar surface area (TPSA) is 87.1 Å². The van der Waals surface area contributed by atoms with E-state index in [1.165, 1.54) is 5.57 Å². The fourth-order valence-corrected chi connectivity index (χ4v) is 8.66. The van der Waals surface area contributed by atoms with E-state index in [9.17, 15) is 19.8 Å². The van der Waals surface area contributed by atoms with Crippen LogP contribution in [0.25, 0.3) is 0 Å². The lowest BCUT2D eigenvalue weighted by Gasteiger charge is -2.56. The van der Waals surface area contributed by atoms with Gasteiger partial charge >= 0.3 is 5.97 Å². The van der Waals surface area contributed by atoms with Gasteiger partial charge in [0.2, 0.25) is 0 Å². The number of fused-ring (bicyclic) bond motifs is 6. The number of aliphatic carboxylic acids is 1. The van der Waals surface area contributed by atoms with Gasteiger partial charge in [-0.05, 0) is 68.3 Å². The zero-order chi connectivity index (χ0) is 19.7. The highest BCUT2D eigenvalue weighted by Gasteiger charge is 2.84. The standard InChI is InChI=1S/C23H30O5.5H2S/c1-20-6-3-12(24)9-16(20)13-10-14(13)19-15-4-7-22(27,8-5-18(25)26)21(15,2)11-17-23(19,20)28-17;;;;;/h9,13-15,17,19,27H,3-8,10-11H2,1-2H3,(H,25,26);5*1H2/t13-,14+,15+,17-,19+,20+,21-,22-,23?;;;;;/m1...../s1. The van der Waals surface area contributed by atoms with Crippen molar-refractivity contribution in [3.63, 3.8) is 0 Å². The first-order chi connectivity index (χ1) is 13.2. The van der Waals surface area contributed by atoms with Crippen molar-refractivity contribution in [2.75, 3.05) is 0 Å². The molecule has 4 saturated carbocycles. The number of carbonyl (C=O) groups is 2. The minimum atomic E-state index is -0.905. The van der Waals surface area contributed by atoms with E-state index in [0.717, 1.165) is 25.7 Å². The number of epoxide rings is 1. The zero-order valence-electron chi connectivity index (χ0n) is 19.2. The van der Waals surface area contributed by atoms with Gasteiger partial charge in [-0.3, -0.25) is 9.59 Å². The quantitative estimate of drug-likeness (QED) is 0.518. The van der Waals surface area contributed by atoms with Crippen molar-refractivity contribution in [1.29, 1.82) is 0 Å². The average Bonchev–Trinajstić information content (AvgIpc) is 3.52. The molecule has 1 aliphatic heterocycles. The Kier molecular flexibility index (Phi) is 9.04. The van der Waals surface area contributed by atoms with Crippen molar-refractivity contribution < 1.29 is 24.5 Å². The molecule has 5 fully saturated rings. The molecule has 10 heteroatoms. The van der Waals surface area contributed by atoms with E-state index >= 15 is 0 Å². The van der Waals surface area contributed by atoms with Gasteiger partial charge in [0, 0.05) is 23.7 Å². The molecule has 0 radical (unpaired) electrons. The van der Waals surface area contributed by atoms with Crippen LogP contribution in [0.1, 0.15) is 65.2 Å². The van der Waals surface area contributed by atoms with E-state index in [4.69, 9.17) is 4.74 Å². The molecule has 1 spiro atoms. The molecule has 1 saturated heterocycles. The Labute approximate surface area is 231 Å². The van der Waals surface area contributed by atoms with Gasteiger partial charge in [-0.1, -0.05) is 19.4 Å². The summed E-state index contributed by atoms with van der Waals surface area (Å²) in [7, 11) is 0. The van der Waals surface area contributed by atoms with Crippen molar-refractivity contribution in [2.24, 2.45) is 34.5 Å². The molecule has 9 atom stereocenters. The van der Waals surface area contributed by atoms with Gasteiger partial charge in [-0.25, -0.2) is 0 Å². The van der Waals surface area contributed by atoms with Crippen LogP contribution in [0.15, 0.2) is 11.6 Å². The number of hydrogen-bond donors (Lipinski definition) is 2. The van der Waals surface area contributed by atoms with Gasteiger partial charge in [0.15, 0.2) is 5.78 Å². The Hall–Kier alpha value is 0.550. The summed E-state index contributed by atoms with van der Waals surface area (Å²) in [4.78, 5) is 23.3. The van der Waals surface area contributed by atoms with Gasteiger partial charge in [0.05, 0.1) is 11.7 Å². The van der Waals surface area contributed by atoms with Gasteiger partial charge in [-0.15, -0.1) is 0 Å². The highest BCUT2D eigenvalue weighted by molar-refractivity contribution is 7.60. The van der Waals surface area contributed by atoms with E-state index in [1.807, 2.05) is 6.08 Å². The molecule has 1 unspecified atom stereocenters. The smallest absolute Gasteiger partial charge is 0.303 e. The molecule has 0 amide bonds. The SMILES string of the molecule is C[C@]12CCC(=O)C=C1[C@@H]1C[C@@H]1[C@H]1[C@@H]3CC[C@@](O)(CCC(=O)O)[C@]3(C)C[C@H]3OC132.S.S.S.S.S. The molecule has 6 rings (SSSR count). The molecule has 6 aliphatic rings. The van der Waals surface area contributed by atoms with Crippen LogP contribution < -0.4 is 0 Å². The van der Waals surface area contributed by atoms with Crippen molar-refractivity contribution in [2.45, 2.75) is 82.5 Å². The Morgan fingerprint density at radius 3 is 2.45 bits per heavy atom. The van der Waals surface area contributed by atoms with Crippen LogP contribution in [0.4, 0.5) is 0 Å². The Bertz CT molecular complexity index is 853. The molecule has 1 heterocycles. The number of ketones is 1. The maximum Gasteiger partial charge on any atom is 0.303 e. The Morgan fingerprint density at radius 1 is 1.15 bits per heavy atom. The predicted molar refractivity (Wildman–Crippen MR) is 152 cm³/mol. The summed E-state index contributed by atoms with van der Waals surface area (Å²) in [6, 6.07) is 0. The van der Waals surface area contributed by atoms with Crippen LogP contribution in [-0.2, 0) is 14.3 Å². The number of carbonyl (C=O) groups excluding carboxylic acids is 1. The third kappa shape index (κ3) is 3.71. The number of hydrogen-bond acceptors (Lipinski definition) is 4. The lowest BCUT2D eigenvalue weighted by Crippen LogP contribution is -2.60. The van der Waals surface area contributed by atoms with E-state index in [2.05, 4.69) is 13.8 Å². The van der Waals surface area contributed by atoms with Gasteiger partial charge in [0.1, 0.15) is 5.60 Å². The Balaban J connectivity index is 0.00000109. The maximum atomic E-state index is 12.1. The molecule has 0 aromatic rings. The van der Waals surface area contributed by atoms with Gasteiger partial charge in [-0.2, -0.15) is 67.5 Å². The van der Waals surface area contributed by atoms with E-state index in [1.54, 1.807) is 0 Å². The number of carboxylic acids is 1. The van der Waals surface area contributed by atoms with Crippen LogP contribution in [0, 0.1) is 34.5 Å². The second-order valence-corrected chi connectivity index (χ2v) is 11.0. The van der Waals surface area contributed by atoms with Crippen molar-refractivity contribution >= 4 is 79.2 Å². The zero-order valence-corrected chi connectivity index (χ0v) is 24.2. The van der Waals surface area contributed by atoms with E-state index in [0.29, 0.717) is 42.9 Å². The summed E-state index contributed by atoms with van der Waals surface area (Å²) in [5.41, 5.74) is -0.0168. The minimum Gasteiger partial charge on any atom is -0.481 e. The first-order valence-electron chi connectivity index (χ1n) is 11.0.